The molecule has 3 aromatic rings. The van der Waals surface area contributed by atoms with Gasteiger partial charge in [-0.25, -0.2) is 4.79 Å². The van der Waals surface area contributed by atoms with E-state index >= 15 is 0 Å². The Labute approximate surface area is 158 Å². The molecule has 0 unspecified atom stereocenters. The lowest BCUT2D eigenvalue weighted by molar-refractivity contribution is -0.122. The Kier molecular flexibility index (Phi) is 5.54. The Morgan fingerprint density at radius 2 is 1.75 bits per heavy atom. The Morgan fingerprint density at radius 3 is 2.46 bits per heavy atom. The van der Waals surface area contributed by atoms with Gasteiger partial charge in [0.25, 0.3) is 17.4 Å². The lowest BCUT2D eigenvalue weighted by Crippen LogP contribution is -2.46. The smallest absolute Gasteiger partial charge is 0.329 e. The summed E-state index contributed by atoms with van der Waals surface area (Å²) in [5.41, 5.74) is 3.82. The van der Waals surface area contributed by atoms with Gasteiger partial charge in [-0.05, 0) is 43.3 Å². The van der Waals surface area contributed by atoms with Gasteiger partial charge in [0.15, 0.2) is 0 Å². The Morgan fingerprint density at radius 1 is 1.04 bits per heavy atom. The number of aromatic nitrogens is 2. The maximum atomic E-state index is 12.4. The van der Waals surface area contributed by atoms with Gasteiger partial charge in [-0.15, -0.1) is 0 Å². The van der Waals surface area contributed by atoms with Crippen molar-refractivity contribution in [2.24, 2.45) is 0 Å². The summed E-state index contributed by atoms with van der Waals surface area (Å²) in [7, 11) is 0. The number of hydrazine groups is 1. The number of carbonyl (C=O) groups is 2. The Bertz CT molecular complexity index is 1130. The molecule has 0 atom stereocenters. The standard InChI is InChI=1S/C19H18N4O5/c1-2-28-13-9-7-12(8-10-13)17(25)22-21-16(24)11-23-18(26)14-5-3-4-6-15(14)20-19(23)27/h3-10H,2,11H2,1H3,(H,20,27)(H,21,24)(H,22,25). The normalized spacial score (nSPS) is 10.5. The van der Waals surface area contributed by atoms with Gasteiger partial charge in [-0.3, -0.25) is 29.8 Å². The summed E-state index contributed by atoms with van der Waals surface area (Å²) in [5.74, 6) is -0.642. The first-order valence-electron chi connectivity index (χ1n) is 8.53. The average molecular weight is 382 g/mol. The predicted octanol–water partition coefficient (Wildman–Crippen LogP) is 0.550. The molecule has 144 valence electrons. The number of hydrogen-bond acceptors (Lipinski definition) is 5. The maximum Gasteiger partial charge on any atom is 0.329 e. The molecular weight excluding hydrogens is 364 g/mol. The number of para-hydroxylation sites is 1. The van der Waals surface area contributed by atoms with Gasteiger partial charge < -0.3 is 9.72 Å². The van der Waals surface area contributed by atoms with E-state index in [4.69, 9.17) is 4.74 Å². The van der Waals surface area contributed by atoms with Gasteiger partial charge in [0.1, 0.15) is 12.3 Å². The van der Waals surface area contributed by atoms with Crippen molar-refractivity contribution in [1.82, 2.24) is 20.4 Å². The number of rotatable bonds is 5. The van der Waals surface area contributed by atoms with E-state index in [0.717, 1.165) is 4.57 Å². The Hall–Kier alpha value is -3.88. The molecule has 0 spiro atoms. The van der Waals surface area contributed by atoms with E-state index in [9.17, 15) is 19.2 Å². The van der Waals surface area contributed by atoms with Gasteiger partial charge in [-0.2, -0.15) is 0 Å². The van der Waals surface area contributed by atoms with Crippen LogP contribution in [0.25, 0.3) is 10.9 Å². The molecule has 9 nitrogen and oxygen atoms in total. The molecule has 0 aliphatic heterocycles. The number of ether oxygens (including phenoxy) is 1. The molecule has 0 saturated carbocycles. The van der Waals surface area contributed by atoms with Gasteiger partial charge in [0, 0.05) is 5.56 Å². The predicted molar refractivity (Wildman–Crippen MR) is 102 cm³/mol. The number of nitrogens with zero attached hydrogens (tertiary/aromatic N) is 1. The van der Waals surface area contributed by atoms with Crippen LogP contribution >= 0.6 is 0 Å². The molecule has 0 bridgehead atoms. The summed E-state index contributed by atoms with van der Waals surface area (Å²) < 4.78 is 6.06. The molecule has 2 aromatic carbocycles. The summed E-state index contributed by atoms with van der Waals surface area (Å²) in [6.07, 6.45) is 0. The van der Waals surface area contributed by atoms with E-state index in [1.165, 1.54) is 0 Å². The molecular formula is C19H18N4O5. The van der Waals surface area contributed by atoms with E-state index in [-0.39, 0.29) is 5.39 Å². The van der Waals surface area contributed by atoms with Crippen molar-refractivity contribution in [2.75, 3.05) is 6.61 Å². The van der Waals surface area contributed by atoms with Gasteiger partial charge in [-0.1, -0.05) is 12.1 Å². The number of hydrogen-bond donors (Lipinski definition) is 3. The first kappa shape index (κ1) is 18.9. The number of nitrogens with one attached hydrogen (secondary N) is 3. The molecule has 0 saturated heterocycles. The second kappa shape index (κ2) is 8.21. The van der Waals surface area contributed by atoms with E-state index < -0.39 is 29.6 Å². The monoisotopic (exact) mass is 382 g/mol. The fourth-order valence-corrected chi connectivity index (χ4v) is 2.59. The Balaban J connectivity index is 1.66. The van der Waals surface area contributed by atoms with Crippen molar-refractivity contribution >= 4 is 22.7 Å². The van der Waals surface area contributed by atoms with E-state index in [1.54, 1.807) is 48.5 Å². The van der Waals surface area contributed by atoms with Crippen molar-refractivity contribution in [3.63, 3.8) is 0 Å². The van der Waals surface area contributed by atoms with E-state index in [0.29, 0.717) is 23.4 Å². The van der Waals surface area contributed by atoms with Crippen LogP contribution in [0.15, 0.2) is 58.1 Å². The SMILES string of the molecule is CCOc1ccc(C(=O)NNC(=O)Cn2c(=O)[nH]c3ccccc3c2=O)cc1. The molecule has 2 amide bonds. The van der Waals surface area contributed by atoms with E-state index in [1.807, 2.05) is 6.92 Å². The lowest BCUT2D eigenvalue weighted by Gasteiger charge is -2.09. The minimum Gasteiger partial charge on any atom is -0.494 e. The lowest BCUT2D eigenvalue weighted by atomic mass is 10.2. The topological polar surface area (TPSA) is 122 Å². The van der Waals surface area contributed by atoms with Crippen LogP contribution in [0.1, 0.15) is 17.3 Å². The number of H-pyrrole nitrogens is 1. The highest BCUT2D eigenvalue weighted by Gasteiger charge is 2.12. The molecule has 3 N–H and O–H groups in total. The molecule has 0 fully saturated rings. The summed E-state index contributed by atoms with van der Waals surface area (Å²) in [4.78, 5) is 51.1. The molecule has 0 aliphatic rings. The summed E-state index contributed by atoms with van der Waals surface area (Å²) in [6.45, 7) is 1.82. The van der Waals surface area contributed by atoms with Gasteiger partial charge >= 0.3 is 5.69 Å². The second-order valence-electron chi connectivity index (χ2n) is 5.83. The summed E-state index contributed by atoms with van der Waals surface area (Å²) >= 11 is 0. The zero-order valence-electron chi connectivity index (χ0n) is 15.0. The quantitative estimate of drug-likeness (QED) is 0.556. The largest absolute Gasteiger partial charge is 0.494 e. The van der Waals surface area contributed by atoms with Crippen LogP contribution < -0.4 is 26.8 Å². The molecule has 9 heteroatoms. The van der Waals surface area contributed by atoms with Crippen LogP contribution in [0.3, 0.4) is 0 Å². The summed E-state index contributed by atoms with van der Waals surface area (Å²) in [6, 6.07) is 12.9. The van der Waals surface area contributed by atoms with Crippen LogP contribution in [0.2, 0.25) is 0 Å². The van der Waals surface area contributed by atoms with Crippen molar-refractivity contribution < 1.29 is 14.3 Å². The number of aromatic amines is 1. The number of benzene rings is 2. The number of carbonyl (C=O) groups excluding carboxylic acids is 2. The third kappa shape index (κ3) is 4.09. The molecule has 1 heterocycles. The van der Waals surface area contributed by atoms with Gasteiger partial charge in [0.05, 0.1) is 17.5 Å². The fraction of sp³-hybridized carbons (Fsp3) is 0.158. The number of fused-ring (bicyclic) bond motifs is 1. The van der Waals surface area contributed by atoms with E-state index in [2.05, 4.69) is 15.8 Å². The zero-order chi connectivity index (χ0) is 20.1. The van der Waals surface area contributed by atoms with Crippen LogP contribution in [0, 0.1) is 0 Å². The molecule has 0 aliphatic carbocycles. The van der Waals surface area contributed by atoms with Crippen molar-refractivity contribution in [2.45, 2.75) is 13.5 Å². The zero-order valence-corrected chi connectivity index (χ0v) is 15.0. The third-order valence-electron chi connectivity index (χ3n) is 3.93. The first-order chi connectivity index (χ1) is 13.5. The maximum absolute atomic E-state index is 12.4. The second-order valence-corrected chi connectivity index (χ2v) is 5.83. The highest BCUT2D eigenvalue weighted by atomic mass is 16.5. The fourth-order valence-electron chi connectivity index (χ4n) is 2.59. The highest BCUT2D eigenvalue weighted by Crippen LogP contribution is 2.11. The van der Waals surface area contributed by atoms with Crippen LogP contribution in [0.5, 0.6) is 5.75 Å². The first-order valence-corrected chi connectivity index (χ1v) is 8.53. The van der Waals surface area contributed by atoms with Crippen LogP contribution in [-0.2, 0) is 11.3 Å². The molecule has 1 aromatic heterocycles. The van der Waals surface area contributed by atoms with Gasteiger partial charge in [0.2, 0.25) is 0 Å². The van der Waals surface area contributed by atoms with Crippen LogP contribution in [0.4, 0.5) is 0 Å². The minimum absolute atomic E-state index is 0.285. The average Bonchev–Trinajstić information content (AvgIpc) is 2.70. The molecule has 3 rings (SSSR count). The van der Waals surface area contributed by atoms with Crippen molar-refractivity contribution in [1.29, 1.82) is 0 Å². The van der Waals surface area contributed by atoms with Crippen LogP contribution in [-0.4, -0.2) is 28.0 Å². The van der Waals surface area contributed by atoms with Crippen molar-refractivity contribution in [3.8, 4) is 5.75 Å². The number of amides is 2. The molecule has 28 heavy (non-hydrogen) atoms. The highest BCUT2D eigenvalue weighted by molar-refractivity contribution is 5.95. The third-order valence-corrected chi connectivity index (χ3v) is 3.93. The minimum atomic E-state index is -0.720. The van der Waals surface area contributed by atoms with Crippen molar-refractivity contribution in [3.05, 3.63) is 74.9 Å². The molecule has 0 radical (unpaired) electrons. The summed E-state index contributed by atoms with van der Waals surface area (Å²) in [5, 5.41) is 0.285.